The molecule has 5 rings (SSSR count). The number of aromatic nitrogens is 4. The van der Waals surface area contributed by atoms with Crippen molar-refractivity contribution in [1.29, 1.82) is 0 Å². The normalized spacial score (nSPS) is 15.9. The number of benzene rings is 1. The number of nitrogens with two attached hydrogens (primary N) is 1. The Hall–Kier alpha value is -3.40. The number of aldehydes is 2. The summed E-state index contributed by atoms with van der Waals surface area (Å²) in [6.07, 6.45) is 13.7. The Kier molecular flexibility index (Phi) is 10.7. The smallest absolute Gasteiger partial charge is 0.224 e. The first-order chi connectivity index (χ1) is 17.7. The number of imidazole rings is 1. The summed E-state index contributed by atoms with van der Waals surface area (Å²) >= 11 is 0. The maximum absolute atomic E-state index is 14.2. The zero-order valence-corrected chi connectivity index (χ0v) is 20.8. The molecule has 2 heterocycles. The molecule has 2 aliphatic carbocycles. The molecule has 0 amide bonds. The third kappa shape index (κ3) is 7.07. The number of nitrogens with zero attached hydrogens (tertiary/aromatic N) is 4. The number of nitrogens with one attached hydrogen (secondary N) is 2. The third-order valence-electron chi connectivity index (χ3n) is 6.37. The number of halogens is 1. The molecule has 0 spiro atoms. The molecule has 0 aliphatic heterocycles. The summed E-state index contributed by atoms with van der Waals surface area (Å²) in [4.78, 5) is 32.4. The van der Waals surface area contributed by atoms with E-state index in [0.29, 0.717) is 42.2 Å². The van der Waals surface area contributed by atoms with Crippen LogP contribution in [0, 0.1) is 5.82 Å². The zero-order valence-electron chi connectivity index (χ0n) is 20.8. The van der Waals surface area contributed by atoms with E-state index < -0.39 is 0 Å². The fourth-order valence-corrected chi connectivity index (χ4v) is 4.71. The maximum Gasteiger partial charge on any atom is 0.224 e. The van der Waals surface area contributed by atoms with E-state index in [-0.39, 0.29) is 12.2 Å². The Balaban J connectivity index is 0.000000463. The quantitative estimate of drug-likeness (QED) is 0.310. The average molecular weight is 498 g/mol. The van der Waals surface area contributed by atoms with Crippen LogP contribution in [0.1, 0.15) is 70.3 Å². The van der Waals surface area contributed by atoms with E-state index in [0.717, 1.165) is 24.0 Å². The van der Waals surface area contributed by atoms with Crippen molar-refractivity contribution in [3.63, 3.8) is 0 Å². The van der Waals surface area contributed by atoms with Gasteiger partial charge in [0.05, 0.1) is 18.3 Å². The number of carbonyl (C=O) groups is 2. The van der Waals surface area contributed by atoms with Gasteiger partial charge in [-0.25, -0.2) is 14.4 Å². The van der Waals surface area contributed by atoms with Crippen LogP contribution in [0.3, 0.4) is 0 Å². The number of hydrogen-bond donors (Lipinski definition) is 3. The molecule has 0 radical (unpaired) electrons. The van der Waals surface area contributed by atoms with Gasteiger partial charge >= 0.3 is 0 Å². The summed E-state index contributed by atoms with van der Waals surface area (Å²) in [6, 6.07) is 7.47. The predicted molar refractivity (Wildman–Crippen MR) is 140 cm³/mol. The van der Waals surface area contributed by atoms with Crippen LogP contribution in [0.4, 0.5) is 22.0 Å². The van der Waals surface area contributed by atoms with Gasteiger partial charge in [0.15, 0.2) is 5.65 Å². The van der Waals surface area contributed by atoms with Crippen molar-refractivity contribution in [3.05, 3.63) is 36.3 Å². The number of hydrogen-bond acceptors (Lipinski definition) is 8. The van der Waals surface area contributed by atoms with E-state index in [1.165, 1.54) is 58.1 Å². The molecule has 9 nitrogen and oxygen atoms in total. The van der Waals surface area contributed by atoms with Crippen molar-refractivity contribution in [2.45, 2.75) is 76.3 Å². The second-order valence-corrected chi connectivity index (χ2v) is 8.80. The van der Waals surface area contributed by atoms with E-state index in [1.54, 1.807) is 18.3 Å². The van der Waals surface area contributed by atoms with Crippen molar-refractivity contribution >= 4 is 41.3 Å². The molecule has 1 aromatic carbocycles. The topological polar surface area (TPSA) is 128 Å². The first-order valence-electron chi connectivity index (χ1n) is 12.7. The average Bonchev–Trinajstić information content (AvgIpc) is 3.55. The molecular formula is C26H36FN7O2. The van der Waals surface area contributed by atoms with Crippen molar-refractivity contribution in [1.82, 2.24) is 19.5 Å². The standard InChI is InChI=1S/C22H27FN6.C3H4O2.CH5N/c23-17-12-6-7-13-18(17)26-22-27-19-14-24-21(25-15-8-2-1-3-9-15)28-20(19)29(22)16-10-4-5-11-16;4-2-1-3-5;1-2/h6-7,12-16H,1-5,8-11H2,(H,26,27)(H,24,25,28);2-3H,1H2;2H2,1H3. The van der Waals surface area contributed by atoms with Crippen LogP contribution in [0.15, 0.2) is 30.5 Å². The second kappa shape index (κ2) is 14.2. The zero-order chi connectivity index (χ0) is 25.8. The maximum atomic E-state index is 14.2. The van der Waals surface area contributed by atoms with Gasteiger partial charge in [0.1, 0.15) is 23.9 Å². The molecule has 0 bridgehead atoms. The number of fused-ring (bicyclic) bond motifs is 1. The van der Waals surface area contributed by atoms with Gasteiger partial charge in [-0.1, -0.05) is 44.2 Å². The van der Waals surface area contributed by atoms with Gasteiger partial charge in [-0.15, -0.1) is 0 Å². The van der Waals surface area contributed by atoms with Crippen molar-refractivity contribution in [3.8, 4) is 0 Å². The Morgan fingerprint density at radius 1 is 1.00 bits per heavy atom. The molecule has 10 heteroatoms. The highest BCUT2D eigenvalue weighted by Gasteiger charge is 2.25. The van der Waals surface area contributed by atoms with Gasteiger partial charge < -0.3 is 26.0 Å². The van der Waals surface area contributed by atoms with E-state index in [2.05, 4.69) is 25.9 Å². The molecule has 0 unspecified atom stereocenters. The summed E-state index contributed by atoms with van der Waals surface area (Å²) in [5.41, 5.74) is 6.49. The molecular weight excluding hydrogens is 461 g/mol. The highest BCUT2D eigenvalue weighted by molar-refractivity contribution is 5.76. The minimum Gasteiger partial charge on any atom is -0.351 e. The molecule has 0 atom stereocenters. The molecule has 2 aromatic heterocycles. The summed E-state index contributed by atoms with van der Waals surface area (Å²) in [7, 11) is 1.50. The number of anilines is 3. The largest absolute Gasteiger partial charge is 0.351 e. The minimum atomic E-state index is -0.289. The molecule has 4 N–H and O–H groups in total. The third-order valence-corrected chi connectivity index (χ3v) is 6.37. The number of para-hydroxylation sites is 1. The summed E-state index contributed by atoms with van der Waals surface area (Å²) in [5, 5.41) is 6.71. The van der Waals surface area contributed by atoms with Crippen molar-refractivity contribution < 1.29 is 14.0 Å². The van der Waals surface area contributed by atoms with E-state index in [4.69, 9.17) is 9.97 Å². The highest BCUT2D eigenvalue weighted by Crippen LogP contribution is 2.36. The van der Waals surface area contributed by atoms with Crippen LogP contribution in [0.2, 0.25) is 0 Å². The molecule has 2 saturated carbocycles. The van der Waals surface area contributed by atoms with Gasteiger partial charge in [-0.2, -0.15) is 4.98 Å². The fourth-order valence-electron chi connectivity index (χ4n) is 4.71. The first kappa shape index (κ1) is 27.2. The van der Waals surface area contributed by atoms with Crippen LogP contribution < -0.4 is 16.4 Å². The van der Waals surface area contributed by atoms with E-state index in [9.17, 15) is 14.0 Å². The minimum absolute atomic E-state index is 0.0278. The van der Waals surface area contributed by atoms with Crippen molar-refractivity contribution in [2.24, 2.45) is 5.73 Å². The number of rotatable bonds is 7. The van der Waals surface area contributed by atoms with E-state index >= 15 is 0 Å². The Morgan fingerprint density at radius 3 is 2.31 bits per heavy atom. The van der Waals surface area contributed by atoms with Crippen LogP contribution in [0.5, 0.6) is 0 Å². The van der Waals surface area contributed by atoms with Gasteiger partial charge in [0.25, 0.3) is 0 Å². The predicted octanol–water partition coefficient (Wildman–Crippen LogP) is 4.92. The number of carbonyl (C=O) groups excluding carboxylic acids is 2. The summed E-state index contributed by atoms with van der Waals surface area (Å²) in [6.45, 7) is 0. The summed E-state index contributed by atoms with van der Waals surface area (Å²) in [5.74, 6) is 1.02. The van der Waals surface area contributed by atoms with Gasteiger partial charge in [-0.3, -0.25) is 4.57 Å². The Bertz CT molecular complexity index is 1100. The van der Waals surface area contributed by atoms with Crippen LogP contribution >= 0.6 is 0 Å². The summed E-state index contributed by atoms with van der Waals surface area (Å²) < 4.78 is 16.4. The lowest BCUT2D eigenvalue weighted by molar-refractivity contribution is -0.114. The van der Waals surface area contributed by atoms with Crippen LogP contribution in [-0.2, 0) is 9.59 Å². The Morgan fingerprint density at radius 2 is 1.67 bits per heavy atom. The molecule has 2 aliphatic rings. The lowest BCUT2D eigenvalue weighted by atomic mass is 9.96. The molecule has 194 valence electrons. The lowest BCUT2D eigenvalue weighted by Crippen LogP contribution is -2.23. The van der Waals surface area contributed by atoms with Gasteiger partial charge in [0, 0.05) is 12.1 Å². The highest BCUT2D eigenvalue weighted by atomic mass is 19.1. The first-order valence-corrected chi connectivity index (χ1v) is 12.7. The van der Waals surface area contributed by atoms with Crippen LogP contribution in [-0.4, -0.2) is 45.2 Å². The molecule has 36 heavy (non-hydrogen) atoms. The SMILES string of the molecule is CN.Fc1ccccc1Nc1nc2cnc(NC3CCCCC3)nc2n1C1CCCC1.O=CCC=O. The molecule has 3 aromatic rings. The van der Waals surface area contributed by atoms with Crippen molar-refractivity contribution in [2.75, 3.05) is 17.7 Å². The fraction of sp³-hybridized carbons (Fsp3) is 0.500. The second-order valence-electron chi connectivity index (χ2n) is 8.80. The van der Waals surface area contributed by atoms with Gasteiger partial charge in [0.2, 0.25) is 11.9 Å². The molecule has 2 fully saturated rings. The molecule has 0 saturated heterocycles. The monoisotopic (exact) mass is 497 g/mol. The van der Waals surface area contributed by atoms with E-state index in [1.807, 2.05) is 6.07 Å². The van der Waals surface area contributed by atoms with Gasteiger partial charge in [-0.05, 0) is 44.9 Å². The Labute approximate surface area is 211 Å². The van der Waals surface area contributed by atoms with Crippen LogP contribution in [0.25, 0.3) is 11.2 Å². The lowest BCUT2D eigenvalue weighted by Gasteiger charge is -2.22.